The second-order valence-corrected chi connectivity index (χ2v) is 8.07. The third kappa shape index (κ3) is 3.66. The first-order valence-corrected chi connectivity index (χ1v) is 9.38. The molecule has 0 saturated carbocycles. The molecule has 7 heteroatoms. The summed E-state index contributed by atoms with van der Waals surface area (Å²) in [5.41, 5.74) is 2.13. The van der Waals surface area contributed by atoms with E-state index in [0.717, 1.165) is 11.1 Å². The predicted octanol–water partition coefficient (Wildman–Crippen LogP) is 4.46. The fourth-order valence-corrected chi connectivity index (χ4v) is 4.85. The van der Waals surface area contributed by atoms with Crippen molar-refractivity contribution in [3.8, 4) is 0 Å². The lowest BCUT2D eigenvalue weighted by Gasteiger charge is -2.27. The van der Waals surface area contributed by atoms with Crippen LogP contribution < -0.4 is 4.31 Å². The highest BCUT2D eigenvalue weighted by molar-refractivity contribution is 7.92. The maximum Gasteiger partial charge on any atom is 0.389 e. The first-order chi connectivity index (χ1) is 11.7. The van der Waals surface area contributed by atoms with Crippen LogP contribution in [0.5, 0.6) is 0 Å². The van der Waals surface area contributed by atoms with Crippen LogP contribution in [-0.2, 0) is 16.4 Å². The van der Waals surface area contributed by atoms with Crippen LogP contribution in [0.3, 0.4) is 0 Å². The average molecular weight is 369 g/mol. The molecule has 0 radical (unpaired) electrons. The zero-order valence-corrected chi connectivity index (χ0v) is 14.4. The molecule has 0 N–H and O–H groups in total. The number of halogens is 3. The molecule has 1 atom stereocenters. The Hall–Kier alpha value is -2.02. The van der Waals surface area contributed by atoms with Crippen molar-refractivity contribution in [2.75, 3.05) is 4.31 Å². The molecule has 0 aliphatic carbocycles. The smallest absolute Gasteiger partial charge is 0.263 e. The van der Waals surface area contributed by atoms with E-state index < -0.39 is 28.7 Å². The summed E-state index contributed by atoms with van der Waals surface area (Å²) in [6.07, 6.45) is -5.29. The van der Waals surface area contributed by atoms with E-state index in [1.807, 2.05) is 6.92 Å². The molecule has 0 fully saturated rings. The molecule has 1 unspecified atom stereocenters. The van der Waals surface area contributed by atoms with Gasteiger partial charge in [-0.05, 0) is 43.5 Å². The number of alkyl halides is 3. The molecule has 0 amide bonds. The summed E-state index contributed by atoms with van der Waals surface area (Å²) in [5, 5.41) is 0. The van der Waals surface area contributed by atoms with Gasteiger partial charge in [-0.3, -0.25) is 4.31 Å². The van der Waals surface area contributed by atoms with E-state index in [1.54, 1.807) is 36.4 Å². The zero-order valence-electron chi connectivity index (χ0n) is 13.6. The molecule has 3 rings (SSSR count). The Labute approximate surface area is 145 Å². The maximum absolute atomic E-state index is 13.1. The molecule has 0 aromatic heterocycles. The molecule has 1 heterocycles. The monoisotopic (exact) mass is 369 g/mol. The van der Waals surface area contributed by atoms with Gasteiger partial charge >= 0.3 is 6.18 Å². The number of anilines is 1. The van der Waals surface area contributed by atoms with Gasteiger partial charge in [-0.2, -0.15) is 13.2 Å². The third-order valence-electron chi connectivity index (χ3n) is 4.36. The summed E-state index contributed by atoms with van der Waals surface area (Å²) in [4.78, 5) is 0.0896. The SMILES string of the molecule is Cc1ccc(S(=O)(=O)N2c3ccccc3CC2CCC(F)(F)F)cc1. The highest BCUT2D eigenvalue weighted by atomic mass is 32.2. The van der Waals surface area contributed by atoms with Crippen LogP contribution in [0.1, 0.15) is 24.0 Å². The first-order valence-electron chi connectivity index (χ1n) is 7.94. The first kappa shape index (κ1) is 17.8. The van der Waals surface area contributed by atoms with Gasteiger partial charge in [-0.1, -0.05) is 35.9 Å². The minimum Gasteiger partial charge on any atom is -0.263 e. The summed E-state index contributed by atoms with van der Waals surface area (Å²) in [5.74, 6) is 0. The standard InChI is InChI=1S/C18H18F3NO2S/c1-13-6-8-16(9-7-13)25(23,24)22-15(10-11-18(19,20)21)12-14-4-2-3-5-17(14)22/h2-9,15H,10-12H2,1H3. The molecular formula is C18H18F3NO2S. The molecule has 1 aliphatic heterocycles. The van der Waals surface area contributed by atoms with Gasteiger partial charge in [0.25, 0.3) is 10.0 Å². The summed E-state index contributed by atoms with van der Waals surface area (Å²) >= 11 is 0. The zero-order chi connectivity index (χ0) is 18.2. The highest BCUT2D eigenvalue weighted by Gasteiger charge is 2.40. The molecule has 3 nitrogen and oxygen atoms in total. The Kier molecular flexibility index (Phi) is 4.53. The van der Waals surface area contributed by atoms with Gasteiger partial charge in [0.2, 0.25) is 0 Å². The van der Waals surface area contributed by atoms with Crippen molar-refractivity contribution in [1.29, 1.82) is 0 Å². The van der Waals surface area contributed by atoms with Gasteiger partial charge in [0.1, 0.15) is 0 Å². The number of sulfonamides is 1. The minimum absolute atomic E-state index is 0.0896. The second-order valence-electron chi connectivity index (χ2n) is 6.25. The van der Waals surface area contributed by atoms with Crippen molar-refractivity contribution in [2.24, 2.45) is 0 Å². The molecule has 0 bridgehead atoms. The fraction of sp³-hybridized carbons (Fsp3) is 0.333. The Morgan fingerprint density at radius 3 is 2.36 bits per heavy atom. The topological polar surface area (TPSA) is 37.4 Å². The van der Waals surface area contributed by atoms with Crippen LogP contribution in [0.4, 0.5) is 18.9 Å². The van der Waals surface area contributed by atoms with Crippen molar-refractivity contribution in [1.82, 2.24) is 0 Å². The van der Waals surface area contributed by atoms with E-state index in [-0.39, 0.29) is 17.7 Å². The quantitative estimate of drug-likeness (QED) is 0.798. The van der Waals surface area contributed by atoms with Crippen LogP contribution in [0, 0.1) is 6.92 Å². The van der Waals surface area contributed by atoms with E-state index in [9.17, 15) is 21.6 Å². The number of nitrogens with zero attached hydrogens (tertiary/aromatic N) is 1. The van der Waals surface area contributed by atoms with Crippen molar-refractivity contribution < 1.29 is 21.6 Å². The largest absolute Gasteiger partial charge is 0.389 e. The number of aryl methyl sites for hydroxylation is 1. The lowest BCUT2D eigenvalue weighted by Crippen LogP contribution is -2.38. The van der Waals surface area contributed by atoms with Crippen molar-refractivity contribution in [2.45, 2.75) is 43.3 Å². The van der Waals surface area contributed by atoms with Gasteiger partial charge in [0.05, 0.1) is 10.6 Å². The third-order valence-corrected chi connectivity index (χ3v) is 6.24. The summed E-state index contributed by atoms with van der Waals surface area (Å²) in [6.45, 7) is 1.84. The van der Waals surface area contributed by atoms with Crippen molar-refractivity contribution >= 4 is 15.7 Å². The van der Waals surface area contributed by atoms with E-state index in [2.05, 4.69) is 0 Å². The van der Waals surface area contributed by atoms with E-state index in [1.165, 1.54) is 16.4 Å². The lowest BCUT2D eigenvalue weighted by atomic mass is 10.1. The number of benzene rings is 2. The molecule has 0 saturated heterocycles. The van der Waals surface area contributed by atoms with Crippen LogP contribution in [0.25, 0.3) is 0 Å². The molecule has 0 spiro atoms. The normalized spacial score (nSPS) is 17.6. The van der Waals surface area contributed by atoms with Crippen LogP contribution in [0.2, 0.25) is 0 Å². The Morgan fingerprint density at radius 1 is 1.08 bits per heavy atom. The molecular weight excluding hydrogens is 351 g/mol. The lowest BCUT2D eigenvalue weighted by molar-refractivity contribution is -0.136. The van der Waals surface area contributed by atoms with Gasteiger partial charge in [-0.25, -0.2) is 8.42 Å². The Bertz CT molecular complexity index is 861. The number of hydrogen-bond acceptors (Lipinski definition) is 2. The van der Waals surface area contributed by atoms with Crippen molar-refractivity contribution in [3.63, 3.8) is 0 Å². The Morgan fingerprint density at radius 2 is 1.72 bits per heavy atom. The second kappa shape index (κ2) is 6.37. The van der Waals surface area contributed by atoms with E-state index >= 15 is 0 Å². The Balaban J connectivity index is 2.00. The number of fused-ring (bicyclic) bond motifs is 1. The summed E-state index contributed by atoms with van der Waals surface area (Å²) in [6, 6.07) is 12.5. The van der Waals surface area contributed by atoms with Crippen molar-refractivity contribution in [3.05, 3.63) is 59.7 Å². The van der Waals surface area contributed by atoms with Gasteiger partial charge < -0.3 is 0 Å². The summed E-state index contributed by atoms with van der Waals surface area (Å²) in [7, 11) is -3.92. The molecule has 2 aromatic carbocycles. The van der Waals surface area contributed by atoms with Crippen LogP contribution in [-0.4, -0.2) is 20.6 Å². The fourth-order valence-electron chi connectivity index (χ4n) is 3.13. The van der Waals surface area contributed by atoms with E-state index in [0.29, 0.717) is 5.69 Å². The van der Waals surface area contributed by atoms with Gasteiger partial charge in [0.15, 0.2) is 0 Å². The van der Waals surface area contributed by atoms with Gasteiger partial charge in [0, 0.05) is 12.5 Å². The predicted molar refractivity (Wildman–Crippen MR) is 90.1 cm³/mol. The molecule has 2 aromatic rings. The molecule has 25 heavy (non-hydrogen) atoms. The van der Waals surface area contributed by atoms with Gasteiger partial charge in [-0.15, -0.1) is 0 Å². The summed E-state index contributed by atoms with van der Waals surface area (Å²) < 4.78 is 65.3. The van der Waals surface area contributed by atoms with Crippen LogP contribution in [0.15, 0.2) is 53.4 Å². The van der Waals surface area contributed by atoms with Crippen LogP contribution >= 0.6 is 0 Å². The molecule has 134 valence electrons. The number of rotatable bonds is 4. The number of para-hydroxylation sites is 1. The molecule has 1 aliphatic rings. The maximum atomic E-state index is 13.1. The number of hydrogen-bond donors (Lipinski definition) is 0. The highest BCUT2D eigenvalue weighted by Crippen LogP contribution is 2.39. The van der Waals surface area contributed by atoms with E-state index in [4.69, 9.17) is 0 Å². The average Bonchev–Trinajstić information content (AvgIpc) is 2.92. The minimum atomic E-state index is -4.31.